The molecule has 5 N–H and O–H groups in total. The van der Waals surface area contributed by atoms with E-state index >= 15 is 0 Å². The summed E-state index contributed by atoms with van der Waals surface area (Å²) in [7, 11) is 0. The number of halogens is 2. The summed E-state index contributed by atoms with van der Waals surface area (Å²) in [5.41, 5.74) is 9.28. The fraction of sp³-hybridized carbons (Fsp3) is 0.174. The highest BCUT2D eigenvalue weighted by molar-refractivity contribution is 8.93. The van der Waals surface area contributed by atoms with Crippen LogP contribution in [0.5, 0.6) is 5.75 Å². The number of anilines is 2. The first-order chi connectivity index (χ1) is 15.6. The number of fused-ring (bicyclic) bond motifs is 1. The standard InChI is InChI=1S/C23H20FN7O.BrH/c24-18-11-15(32)5-6-16(18)21-17(12-25)19(20-22(26)29-30-23(20)28-21)13-1-3-14(4-2-13)31-9-7-27-8-10-31;/h1-6,11,27,32H,7-10H2,(H3,26,28,29,30);1H. The number of nitrogen functional groups attached to an aromatic ring is 1. The van der Waals surface area contributed by atoms with Crippen molar-refractivity contribution < 1.29 is 9.50 Å². The monoisotopic (exact) mass is 509 g/mol. The number of pyridine rings is 1. The fourth-order valence-electron chi connectivity index (χ4n) is 4.14. The second-order valence-electron chi connectivity index (χ2n) is 7.60. The molecule has 1 aliphatic heterocycles. The summed E-state index contributed by atoms with van der Waals surface area (Å²) >= 11 is 0. The third kappa shape index (κ3) is 3.97. The molecule has 0 atom stereocenters. The Kier molecular flexibility index (Phi) is 6.18. The molecule has 0 bridgehead atoms. The van der Waals surface area contributed by atoms with Gasteiger partial charge in [0.1, 0.15) is 17.6 Å². The lowest BCUT2D eigenvalue weighted by atomic mass is 9.93. The summed E-state index contributed by atoms with van der Waals surface area (Å²) in [6.07, 6.45) is 0. The van der Waals surface area contributed by atoms with Crippen molar-refractivity contribution in [2.24, 2.45) is 0 Å². The van der Waals surface area contributed by atoms with Gasteiger partial charge in [0.05, 0.1) is 16.6 Å². The van der Waals surface area contributed by atoms with Crippen molar-refractivity contribution in [1.29, 1.82) is 5.26 Å². The maximum Gasteiger partial charge on any atom is 0.158 e. The molecular formula is C23H21BrFN7O. The predicted octanol–water partition coefficient (Wildman–Crippen LogP) is 3.58. The lowest BCUT2D eigenvalue weighted by molar-refractivity contribution is 0.469. The smallest absolute Gasteiger partial charge is 0.158 e. The largest absolute Gasteiger partial charge is 0.508 e. The number of nitrogens with zero attached hydrogens (tertiary/aromatic N) is 4. The Bertz CT molecular complexity index is 1360. The van der Waals surface area contributed by atoms with Crippen LogP contribution in [0.2, 0.25) is 0 Å². The van der Waals surface area contributed by atoms with Gasteiger partial charge >= 0.3 is 0 Å². The zero-order valence-corrected chi connectivity index (χ0v) is 19.2. The van der Waals surface area contributed by atoms with E-state index in [0.717, 1.165) is 43.5 Å². The first-order valence-corrected chi connectivity index (χ1v) is 10.2. The van der Waals surface area contributed by atoms with Crippen molar-refractivity contribution in [2.75, 3.05) is 36.8 Å². The average molecular weight is 510 g/mol. The molecule has 4 aromatic rings. The quantitative estimate of drug-likeness (QED) is 0.332. The highest BCUT2D eigenvalue weighted by Gasteiger charge is 2.23. The molecule has 5 rings (SSSR count). The van der Waals surface area contributed by atoms with E-state index in [4.69, 9.17) is 5.73 Å². The number of nitrogens with two attached hydrogens (primary N) is 1. The van der Waals surface area contributed by atoms with Crippen molar-refractivity contribution in [2.45, 2.75) is 0 Å². The van der Waals surface area contributed by atoms with Crippen molar-refractivity contribution >= 4 is 39.5 Å². The Morgan fingerprint density at radius 3 is 2.52 bits per heavy atom. The minimum absolute atomic E-state index is 0. The number of phenols is 1. The van der Waals surface area contributed by atoms with Gasteiger partial charge in [-0.15, -0.1) is 17.0 Å². The van der Waals surface area contributed by atoms with Gasteiger partial charge in [-0.1, -0.05) is 12.1 Å². The Morgan fingerprint density at radius 1 is 1.12 bits per heavy atom. The van der Waals surface area contributed by atoms with E-state index in [1.165, 1.54) is 12.1 Å². The molecule has 0 amide bonds. The van der Waals surface area contributed by atoms with E-state index in [9.17, 15) is 14.8 Å². The van der Waals surface area contributed by atoms with Crippen LogP contribution in [0.1, 0.15) is 5.56 Å². The van der Waals surface area contributed by atoms with Crippen LogP contribution in [-0.4, -0.2) is 46.5 Å². The molecule has 0 aliphatic carbocycles. The molecule has 0 saturated carbocycles. The summed E-state index contributed by atoms with van der Waals surface area (Å²) in [6, 6.07) is 13.8. The number of nitriles is 1. The second kappa shape index (κ2) is 9.05. The maximum absolute atomic E-state index is 14.7. The molecule has 10 heteroatoms. The normalized spacial score (nSPS) is 13.5. The number of aromatic hydroxyl groups is 1. The Morgan fingerprint density at radius 2 is 1.85 bits per heavy atom. The highest BCUT2D eigenvalue weighted by Crippen LogP contribution is 2.39. The van der Waals surface area contributed by atoms with Gasteiger partial charge in [-0.25, -0.2) is 9.37 Å². The molecule has 1 saturated heterocycles. The van der Waals surface area contributed by atoms with Gasteiger partial charge in [0, 0.05) is 49.1 Å². The first-order valence-electron chi connectivity index (χ1n) is 10.2. The zero-order chi connectivity index (χ0) is 22.2. The molecule has 8 nitrogen and oxygen atoms in total. The average Bonchev–Trinajstić information content (AvgIpc) is 3.19. The number of H-pyrrole nitrogens is 1. The van der Waals surface area contributed by atoms with E-state index in [2.05, 4.69) is 31.5 Å². The van der Waals surface area contributed by atoms with Crippen LogP contribution in [0.25, 0.3) is 33.4 Å². The molecule has 33 heavy (non-hydrogen) atoms. The summed E-state index contributed by atoms with van der Waals surface area (Å²) in [4.78, 5) is 6.74. The minimum atomic E-state index is -0.680. The molecule has 2 aromatic carbocycles. The van der Waals surface area contributed by atoms with Gasteiger partial charge in [-0.2, -0.15) is 10.4 Å². The van der Waals surface area contributed by atoms with E-state index in [0.29, 0.717) is 16.6 Å². The van der Waals surface area contributed by atoms with Gasteiger partial charge in [0.2, 0.25) is 0 Å². The summed E-state index contributed by atoms with van der Waals surface area (Å²) in [6.45, 7) is 3.69. The van der Waals surface area contributed by atoms with Crippen LogP contribution in [0, 0.1) is 17.1 Å². The van der Waals surface area contributed by atoms with Gasteiger partial charge in [0.25, 0.3) is 0 Å². The number of aromatic amines is 1. The second-order valence-corrected chi connectivity index (χ2v) is 7.60. The topological polar surface area (TPSA) is 127 Å². The summed E-state index contributed by atoms with van der Waals surface area (Å²) in [5.74, 6) is -0.677. The number of aromatic nitrogens is 3. The van der Waals surface area contributed by atoms with Crippen molar-refractivity contribution in [3.63, 3.8) is 0 Å². The molecule has 0 spiro atoms. The van der Waals surface area contributed by atoms with Crippen molar-refractivity contribution in [3.8, 4) is 34.2 Å². The Hall–Kier alpha value is -3.68. The zero-order valence-electron chi connectivity index (χ0n) is 17.5. The number of nitrogens with one attached hydrogen (secondary N) is 2. The third-order valence-corrected chi connectivity index (χ3v) is 5.69. The van der Waals surface area contributed by atoms with Crippen LogP contribution in [0.15, 0.2) is 42.5 Å². The van der Waals surface area contributed by atoms with Crippen LogP contribution in [0.3, 0.4) is 0 Å². The van der Waals surface area contributed by atoms with E-state index in [-0.39, 0.29) is 45.4 Å². The molecule has 3 heterocycles. The fourth-order valence-corrected chi connectivity index (χ4v) is 4.14. The number of phenolic OH excluding ortho intramolecular Hbond substituents is 1. The SMILES string of the molecule is Br.N#Cc1c(-c2ccc(O)cc2F)nc2[nH]nc(N)c2c1-c1ccc(N2CCNCC2)cc1. The highest BCUT2D eigenvalue weighted by atomic mass is 79.9. The lowest BCUT2D eigenvalue weighted by Gasteiger charge is -2.29. The molecule has 168 valence electrons. The number of rotatable bonds is 3. The van der Waals surface area contributed by atoms with E-state index in [1.54, 1.807) is 0 Å². The van der Waals surface area contributed by atoms with E-state index in [1.807, 2.05) is 24.3 Å². The van der Waals surface area contributed by atoms with Gasteiger partial charge in [0.15, 0.2) is 11.5 Å². The third-order valence-electron chi connectivity index (χ3n) is 5.69. The molecule has 0 radical (unpaired) electrons. The molecule has 1 fully saturated rings. The molecular weight excluding hydrogens is 489 g/mol. The summed E-state index contributed by atoms with van der Waals surface area (Å²) < 4.78 is 14.7. The Balaban J connectivity index is 0.00000259. The maximum atomic E-state index is 14.7. The molecule has 0 unspecified atom stereocenters. The van der Waals surface area contributed by atoms with Crippen molar-refractivity contribution in [1.82, 2.24) is 20.5 Å². The van der Waals surface area contributed by atoms with Crippen LogP contribution >= 0.6 is 17.0 Å². The van der Waals surface area contributed by atoms with Crippen LogP contribution in [-0.2, 0) is 0 Å². The summed E-state index contributed by atoms with van der Waals surface area (Å²) in [5, 5.41) is 30.3. The van der Waals surface area contributed by atoms with E-state index < -0.39 is 5.82 Å². The van der Waals surface area contributed by atoms with Gasteiger partial charge in [-0.05, 0) is 29.8 Å². The molecule has 1 aliphatic rings. The number of hydrogen-bond donors (Lipinski definition) is 4. The van der Waals surface area contributed by atoms with Gasteiger partial charge < -0.3 is 21.1 Å². The number of hydrogen-bond acceptors (Lipinski definition) is 7. The van der Waals surface area contributed by atoms with Crippen molar-refractivity contribution in [3.05, 3.63) is 53.8 Å². The number of piperazine rings is 1. The predicted molar refractivity (Wildman–Crippen MR) is 131 cm³/mol. The molecule has 2 aromatic heterocycles. The Labute approximate surface area is 199 Å². The van der Waals surface area contributed by atoms with Gasteiger partial charge in [-0.3, -0.25) is 5.10 Å². The minimum Gasteiger partial charge on any atom is -0.508 e. The lowest BCUT2D eigenvalue weighted by Crippen LogP contribution is -2.43. The number of benzene rings is 2. The first kappa shape index (κ1) is 22.5. The van der Waals surface area contributed by atoms with Crippen LogP contribution in [0.4, 0.5) is 15.9 Å². The van der Waals surface area contributed by atoms with Crippen LogP contribution < -0.4 is 16.0 Å².